The first-order valence-electron chi connectivity index (χ1n) is 6.59. The van der Waals surface area contributed by atoms with E-state index in [0.29, 0.717) is 0 Å². The van der Waals surface area contributed by atoms with Gasteiger partial charge in [-0.25, -0.2) is 0 Å². The van der Waals surface area contributed by atoms with Crippen LogP contribution in [0.4, 0.5) is 11.4 Å². The third kappa shape index (κ3) is 8.21. The van der Waals surface area contributed by atoms with E-state index in [1.807, 2.05) is 60.7 Å². The number of anilines is 2. The number of aliphatic carboxylic acids is 2. The Labute approximate surface area is 128 Å². The summed E-state index contributed by atoms with van der Waals surface area (Å²) in [4.78, 5) is 20.2. The van der Waals surface area contributed by atoms with E-state index in [1.165, 1.54) is 0 Å². The topological polar surface area (TPSA) is 98.7 Å². The van der Waals surface area contributed by atoms with Crippen LogP contribution in [-0.4, -0.2) is 35.2 Å². The summed E-state index contributed by atoms with van der Waals surface area (Å²) in [6, 6.07) is 18.5. The van der Waals surface area contributed by atoms with Gasteiger partial charge in [-0.2, -0.15) is 0 Å². The van der Waals surface area contributed by atoms with Crippen LogP contribution < -0.4 is 10.6 Å². The van der Waals surface area contributed by atoms with Crippen LogP contribution in [0.15, 0.2) is 60.7 Å². The van der Waals surface area contributed by atoms with Crippen molar-refractivity contribution in [2.75, 3.05) is 23.7 Å². The quantitative estimate of drug-likeness (QED) is 0.654. The second-order valence-corrected chi connectivity index (χ2v) is 4.23. The van der Waals surface area contributed by atoms with Crippen LogP contribution in [0.3, 0.4) is 0 Å². The zero-order valence-electron chi connectivity index (χ0n) is 11.9. The molecule has 0 unspecified atom stereocenters. The number of nitrogens with one attached hydrogen (secondary N) is 2. The van der Waals surface area contributed by atoms with Crippen molar-refractivity contribution in [3.05, 3.63) is 60.7 Å². The van der Waals surface area contributed by atoms with Crippen LogP contribution in [0, 0.1) is 0 Å². The Morgan fingerprint density at radius 1 is 0.682 bits per heavy atom. The van der Waals surface area contributed by atoms with Gasteiger partial charge in [0.25, 0.3) is 0 Å². The van der Waals surface area contributed by atoms with E-state index in [1.54, 1.807) is 0 Å². The molecule has 4 N–H and O–H groups in total. The SMILES string of the molecule is O=C(O)CNc1ccccc1.O=C(O)CNc1ccccc1. The lowest BCUT2D eigenvalue weighted by Crippen LogP contribution is -2.11. The second-order valence-electron chi connectivity index (χ2n) is 4.23. The van der Waals surface area contributed by atoms with Crippen molar-refractivity contribution < 1.29 is 19.8 Å². The number of rotatable bonds is 6. The Morgan fingerprint density at radius 2 is 1.00 bits per heavy atom. The van der Waals surface area contributed by atoms with Crippen molar-refractivity contribution in [3.8, 4) is 0 Å². The maximum atomic E-state index is 10.1. The fraction of sp³-hybridized carbons (Fsp3) is 0.125. The second kappa shape index (κ2) is 9.82. The number of carboxylic acid groups (broad SMARTS) is 2. The molecule has 0 radical (unpaired) electrons. The van der Waals surface area contributed by atoms with Crippen LogP contribution >= 0.6 is 0 Å². The minimum Gasteiger partial charge on any atom is -0.480 e. The van der Waals surface area contributed by atoms with E-state index in [2.05, 4.69) is 10.6 Å². The van der Waals surface area contributed by atoms with E-state index < -0.39 is 11.9 Å². The highest BCUT2D eigenvalue weighted by Gasteiger charge is 1.94. The number of para-hydroxylation sites is 2. The molecule has 0 spiro atoms. The molecule has 6 nitrogen and oxygen atoms in total. The van der Waals surface area contributed by atoms with Crippen molar-refractivity contribution >= 4 is 23.3 Å². The predicted molar refractivity (Wildman–Crippen MR) is 85.1 cm³/mol. The maximum Gasteiger partial charge on any atom is 0.322 e. The molecule has 0 saturated carbocycles. The zero-order valence-corrected chi connectivity index (χ0v) is 11.9. The van der Waals surface area contributed by atoms with E-state index >= 15 is 0 Å². The number of hydrogen-bond acceptors (Lipinski definition) is 4. The highest BCUT2D eigenvalue weighted by Crippen LogP contribution is 2.03. The van der Waals surface area contributed by atoms with Crippen LogP contribution in [0.2, 0.25) is 0 Å². The molecule has 0 heterocycles. The monoisotopic (exact) mass is 302 g/mol. The lowest BCUT2D eigenvalue weighted by Gasteiger charge is -2.00. The molecule has 0 saturated heterocycles. The number of carboxylic acids is 2. The molecule has 0 amide bonds. The molecule has 0 fully saturated rings. The Hall–Kier alpha value is -3.02. The van der Waals surface area contributed by atoms with Crippen LogP contribution in [0.1, 0.15) is 0 Å². The van der Waals surface area contributed by atoms with Gasteiger partial charge < -0.3 is 20.8 Å². The molecule has 2 rings (SSSR count). The predicted octanol–water partition coefficient (Wildman–Crippen LogP) is 2.37. The van der Waals surface area contributed by atoms with Crippen molar-refractivity contribution in [1.29, 1.82) is 0 Å². The number of hydrogen-bond donors (Lipinski definition) is 4. The van der Waals surface area contributed by atoms with Gasteiger partial charge in [0, 0.05) is 11.4 Å². The van der Waals surface area contributed by atoms with Gasteiger partial charge in [-0.1, -0.05) is 36.4 Å². The summed E-state index contributed by atoms with van der Waals surface area (Å²) in [5.74, 6) is -1.71. The molecule has 2 aromatic rings. The summed E-state index contributed by atoms with van der Waals surface area (Å²) < 4.78 is 0. The molecular weight excluding hydrogens is 284 g/mol. The molecule has 0 aliphatic heterocycles. The largest absolute Gasteiger partial charge is 0.480 e. The summed E-state index contributed by atoms with van der Waals surface area (Å²) in [6.07, 6.45) is 0. The van der Waals surface area contributed by atoms with Crippen LogP contribution in [0.5, 0.6) is 0 Å². The molecule has 116 valence electrons. The molecule has 2 aromatic carbocycles. The summed E-state index contributed by atoms with van der Waals surface area (Å²) in [7, 11) is 0. The fourth-order valence-corrected chi connectivity index (χ4v) is 1.47. The third-order valence-electron chi connectivity index (χ3n) is 2.44. The summed E-state index contributed by atoms with van der Waals surface area (Å²) in [5.41, 5.74) is 1.66. The molecule has 0 aliphatic rings. The molecular formula is C16H18N2O4. The zero-order chi connectivity index (χ0) is 16.2. The van der Waals surface area contributed by atoms with Gasteiger partial charge in [-0.05, 0) is 24.3 Å². The van der Waals surface area contributed by atoms with Gasteiger partial charge >= 0.3 is 11.9 Å². The lowest BCUT2D eigenvalue weighted by atomic mass is 10.3. The molecule has 22 heavy (non-hydrogen) atoms. The van der Waals surface area contributed by atoms with Gasteiger partial charge in [0.1, 0.15) is 13.1 Å². The minimum absolute atomic E-state index is 0.0377. The smallest absolute Gasteiger partial charge is 0.322 e. The van der Waals surface area contributed by atoms with Gasteiger partial charge in [0.2, 0.25) is 0 Å². The molecule has 0 aliphatic carbocycles. The summed E-state index contributed by atoms with van der Waals surface area (Å²) >= 11 is 0. The van der Waals surface area contributed by atoms with Gasteiger partial charge in [-0.3, -0.25) is 9.59 Å². The number of benzene rings is 2. The third-order valence-corrected chi connectivity index (χ3v) is 2.44. The fourth-order valence-electron chi connectivity index (χ4n) is 1.47. The highest BCUT2D eigenvalue weighted by molar-refractivity contribution is 5.73. The Balaban J connectivity index is 0.000000220. The lowest BCUT2D eigenvalue weighted by molar-refractivity contribution is -0.135. The molecule has 0 aromatic heterocycles. The van der Waals surface area contributed by atoms with E-state index in [4.69, 9.17) is 10.2 Å². The van der Waals surface area contributed by atoms with Crippen molar-refractivity contribution in [2.24, 2.45) is 0 Å². The van der Waals surface area contributed by atoms with Crippen LogP contribution in [-0.2, 0) is 9.59 Å². The standard InChI is InChI=1S/2C8H9NO2/c2*10-8(11)6-9-7-4-2-1-3-5-7/h2*1-5,9H,6H2,(H,10,11). The molecule has 6 heteroatoms. The van der Waals surface area contributed by atoms with E-state index in [-0.39, 0.29) is 13.1 Å². The van der Waals surface area contributed by atoms with Crippen molar-refractivity contribution in [3.63, 3.8) is 0 Å². The van der Waals surface area contributed by atoms with Gasteiger partial charge in [0.05, 0.1) is 0 Å². The average molecular weight is 302 g/mol. The minimum atomic E-state index is -0.853. The highest BCUT2D eigenvalue weighted by atomic mass is 16.4. The normalized spacial score (nSPS) is 9.09. The van der Waals surface area contributed by atoms with Crippen molar-refractivity contribution in [2.45, 2.75) is 0 Å². The molecule has 0 bridgehead atoms. The first-order chi connectivity index (χ1) is 10.6. The first kappa shape index (κ1) is 17.0. The van der Waals surface area contributed by atoms with Crippen LogP contribution in [0.25, 0.3) is 0 Å². The summed E-state index contributed by atoms with van der Waals surface area (Å²) in [6.45, 7) is -0.0754. The van der Waals surface area contributed by atoms with Gasteiger partial charge in [-0.15, -0.1) is 0 Å². The Bertz CT molecular complexity index is 520. The van der Waals surface area contributed by atoms with E-state index in [9.17, 15) is 9.59 Å². The number of carbonyl (C=O) groups is 2. The maximum absolute atomic E-state index is 10.1. The first-order valence-corrected chi connectivity index (χ1v) is 6.59. The van der Waals surface area contributed by atoms with Gasteiger partial charge in [0.15, 0.2) is 0 Å². The molecule has 0 atom stereocenters. The summed E-state index contributed by atoms with van der Waals surface area (Å²) in [5, 5.41) is 22.1. The Kier molecular flexibility index (Phi) is 7.60. The average Bonchev–Trinajstić information content (AvgIpc) is 2.53. The Morgan fingerprint density at radius 3 is 1.27 bits per heavy atom. The van der Waals surface area contributed by atoms with Crippen molar-refractivity contribution in [1.82, 2.24) is 0 Å². The van der Waals surface area contributed by atoms with E-state index in [0.717, 1.165) is 11.4 Å².